The first-order valence-electron chi connectivity index (χ1n) is 4.80. The van der Waals surface area contributed by atoms with Crippen LogP contribution in [-0.2, 0) is 4.74 Å². The normalized spacial score (nSPS) is 10.0. The number of thioether (sulfide) groups is 1. The fourth-order valence-electron chi connectivity index (χ4n) is 1.33. The number of carbonyl (C=O) groups is 1. The van der Waals surface area contributed by atoms with Crippen LogP contribution >= 0.6 is 11.8 Å². The maximum Gasteiger partial charge on any atom is 0.341 e. The first kappa shape index (κ1) is 13.3. The van der Waals surface area contributed by atoms with E-state index in [4.69, 9.17) is 10.5 Å². The van der Waals surface area contributed by atoms with Gasteiger partial charge in [0.05, 0.1) is 11.5 Å². The lowest BCUT2D eigenvalue weighted by Gasteiger charge is -2.09. The maximum atomic E-state index is 11.7. The Morgan fingerprint density at radius 3 is 2.71 bits per heavy atom. The number of rotatable bonds is 4. The Hall–Kier alpha value is -1.76. The minimum Gasteiger partial charge on any atom is -0.462 e. The molecule has 92 valence electrons. The van der Waals surface area contributed by atoms with E-state index in [1.807, 2.05) is 0 Å². The molecule has 0 radical (unpaired) electrons. The quantitative estimate of drug-likeness (QED) is 0.291. The van der Waals surface area contributed by atoms with Gasteiger partial charge in [0.25, 0.3) is 5.69 Å². The summed E-state index contributed by atoms with van der Waals surface area (Å²) in [5, 5.41) is 10.7. The molecule has 0 spiro atoms. The van der Waals surface area contributed by atoms with Crippen LogP contribution in [0.15, 0.2) is 17.0 Å². The van der Waals surface area contributed by atoms with Crippen molar-refractivity contribution >= 4 is 29.1 Å². The zero-order valence-electron chi connectivity index (χ0n) is 9.43. The number of nitro groups is 1. The molecular weight excluding hydrogens is 244 g/mol. The molecule has 0 aliphatic heterocycles. The van der Waals surface area contributed by atoms with Gasteiger partial charge in [-0.25, -0.2) is 4.79 Å². The highest BCUT2D eigenvalue weighted by atomic mass is 32.2. The fourth-order valence-corrected chi connectivity index (χ4v) is 1.93. The molecule has 0 aliphatic carbocycles. The Kier molecular flexibility index (Phi) is 4.33. The van der Waals surface area contributed by atoms with Crippen LogP contribution in [0.3, 0.4) is 0 Å². The van der Waals surface area contributed by atoms with Crippen LogP contribution in [0.1, 0.15) is 17.3 Å². The summed E-state index contributed by atoms with van der Waals surface area (Å²) in [6, 6.07) is 2.77. The van der Waals surface area contributed by atoms with Crippen LogP contribution in [-0.4, -0.2) is 23.8 Å². The highest BCUT2D eigenvalue weighted by Gasteiger charge is 2.23. The number of anilines is 1. The van der Waals surface area contributed by atoms with E-state index in [9.17, 15) is 14.9 Å². The molecule has 0 fully saturated rings. The summed E-state index contributed by atoms with van der Waals surface area (Å²) < 4.78 is 4.83. The molecule has 1 aromatic rings. The third-order valence-corrected chi connectivity index (χ3v) is 2.86. The predicted octanol–water partition coefficient (Wildman–Crippen LogP) is 2.08. The van der Waals surface area contributed by atoms with Gasteiger partial charge in [0.2, 0.25) is 0 Å². The van der Waals surface area contributed by atoms with E-state index in [-0.39, 0.29) is 23.5 Å². The molecule has 0 aromatic heterocycles. The predicted molar refractivity (Wildman–Crippen MR) is 65.2 cm³/mol. The van der Waals surface area contributed by atoms with E-state index in [0.29, 0.717) is 4.90 Å². The van der Waals surface area contributed by atoms with Gasteiger partial charge in [-0.05, 0) is 19.2 Å². The average Bonchev–Trinajstić information content (AvgIpc) is 2.27. The van der Waals surface area contributed by atoms with Crippen molar-refractivity contribution in [1.82, 2.24) is 0 Å². The van der Waals surface area contributed by atoms with Crippen molar-refractivity contribution < 1.29 is 14.5 Å². The summed E-state index contributed by atoms with van der Waals surface area (Å²) in [7, 11) is 0. The molecule has 17 heavy (non-hydrogen) atoms. The molecule has 0 bridgehead atoms. The van der Waals surface area contributed by atoms with Gasteiger partial charge in [0, 0.05) is 11.0 Å². The molecule has 0 saturated carbocycles. The summed E-state index contributed by atoms with van der Waals surface area (Å²) in [5.41, 5.74) is 5.26. The highest BCUT2D eigenvalue weighted by molar-refractivity contribution is 7.98. The number of hydrogen-bond acceptors (Lipinski definition) is 6. The van der Waals surface area contributed by atoms with Gasteiger partial charge < -0.3 is 10.5 Å². The van der Waals surface area contributed by atoms with Crippen molar-refractivity contribution in [2.45, 2.75) is 11.8 Å². The van der Waals surface area contributed by atoms with Gasteiger partial charge in [0.1, 0.15) is 11.3 Å². The number of hydrogen-bond donors (Lipinski definition) is 1. The molecule has 0 saturated heterocycles. The number of carbonyl (C=O) groups excluding carboxylic acids is 1. The molecule has 7 heteroatoms. The first-order chi connectivity index (χ1) is 8.02. The van der Waals surface area contributed by atoms with Crippen molar-refractivity contribution in [2.24, 2.45) is 0 Å². The number of nitrogens with zero attached hydrogens (tertiary/aromatic N) is 1. The van der Waals surface area contributed by atoms with Crippen LogP contribution in [0.25, 0.3) is 0 Å². The lowest BCUT2D eigenvalue weighted by Crippen LogP contribution is -2.11. The Labute approximate surface area is 102 Å². The number of esters is 1. The van der Waals surface area contributed by atoms with E-state index in [1.165, 1.54) is 23.9 Å². The zero-order chi connectivity index (χ0) is 13.0. The summed E-state index contributed by atoms with van der Waals surface area (Å²) in [6.45, 7) is 1.85. The third-order valence-electron chi connectivity index (χ3n) is 2.08. The van der Waals surface area contributed by atoms with Crippen molar-refractivity contribution in [3.05, 3.63) is 27.8 Å². The van der Waals surface area contributed by atoms with Crippen molar-refractivity contribution in [3.63, 3.8) is 0 Å². The van der Waals surface area contributed by atoms with Crippen molar-refractivity contribution in [2.75, 3.05) is 18.6 Å². The fraction of sp³-hybridized carbons (Fsp3) is 0.300. The lowest BCUT2D eigenvalue weighted by atomic mass is 10.1. The second-order valence-corrected chi connectivity index (χ2v) is 3.90. The summed E-state index contributed by atoms with van der Waals surface area (Å²) in [6.07, 6.45) is 1.75. The highest BCUT2D eigenvalue weighted by Crippen LogP contribution is 2.33. The third kappa shape index (κ3) is 2.68. The maximum absolute atomic E-state index is 11.7. The molecule has 6 nitrogen and oxygen atoms in total. The summed E-state index contributed by atoms with van der Waals surface area (Å²) >= 11 is 1.28. The number of nitrogen functional groups attached to an aromatic ring is 1. The number of nitrogens with two attached hydrogens (primary N) is 1. The van der Waals surface area contributed by atoms with Crippen LogP contribution in [0.4, 0.5) is 11.4 Å². The van der Waals surface area contributed by atoms with Crippen LogP contribution in [0, 0.1) is 10.1 Å². The smallest absolute Gasteiger partial charge is 0.341 e. The second-order valence-electron chi connectivity index (χ2n) is 3.05. The summed E-state index contributed by atoms with van der Waals surface area (Å²) in [5.74, 6) is -0.641. The van der Waals surface area contributed by atoms with Gasteiger partial charge >= 0.3 is 5.97 Å². The molecule has 0 aliphatic rings. The molecule has 1 aromatic carbocycles. The van der Waals surface area contributed by atoms with Gasteiger partial charge in [-0.1, -0.05) is 0 Å². The molecule has 2 N–H and O–H groups in total. The molecule has 0 unspecified atom stereocenters. The van der Waals surface area contributed by atoms with Gasteiger partial charge in [-0.3, -0.25) is 10.1 Å². The van der Waals surface area contributed by atoms with E-state index in [2.05, 4.69) is 0 Å². The monoisotopic (exact) mass is 256 g/mol. The topological polar surface area (TPSA) is 95.5 Å². The van der Waals surface area contributed by atoms with E-state index >= 15 is 0 Å². The average molecular weight is 256 g/mol. The first-order valence-corrected chi connectivity index (χ1v) is 6.03. The van der Waals surface area contributed by atoms with Gasteiger partial charge in [-0.15, -0.1) is 11.8 Å². The SMILES string of the molecule is CCOC(=O)c1c(SC)ccc([N+](=O)[O-])c1N. The Morgan fingerprint density at radius 2 is 2.24 bits per heavy atom. The minimum atomic E-state index is -0.641. The molecule has 0 heterocycles. The van der Waals surface area contributed by atoms with E-state index in [0.717, 1.165) is 0 Å². The number of benzene rings is 1. The van der Waals surface area contributed by atoms with E-state index < -0.39 is 10.9 Å². The molecule has 0 amide bonds. The molecule has 1 rings (SSSR count). The van der Waals surface area contributed by atoms with Gasteiger partial charge in [-0.2, -0.15) is 0 Å². The van der Waals surface area contributed by atoms with Crippen molar-refractivity contribution in [1.29, 1.82) is 0 Å². The van der Waals surface area contributed by atoms with Crippen molar-refractivity contribution in [3.8, 4) is 0 Å². The molecule has 0 atom stereocenters. The number of nitro benzene ring substituents is 1. The van der Waals surface area contributed by atoms with Crippen LogP contribution in [0.5, 0.6) is 0 Å². The Balaban J connectivity index is 3.37. The second kappa shape index (κ2) is 5.53. The Bertz CT molecular complexity index is 462. The van der Waals surface area contributed by atoms with Crippen LogP contribution < -0.4 is 5.73 Å². The minimum absolute atomic E-state index is 0.0635. The van der Waals surface area contributed by atoms with Gasteiger partial charge in [0.15, 0.2) is 0 Å². The zero-order valence-corrected chi connectivity index (χ0v) is 10.2. The standard InChI is InChI=1S/C10H12N2O4S/c1-3-16-10(13)8-7(17-2)5-4-6(9(8)11)12(14)15/h4-5H,3,11H2,1-2H3. The lowest BCUT2D eigenvalue weighted by molar-refractivity contribution is -0.384. The number of ether oxygens (including phenoxy) is 1. The van der Waals surface area contributed by atoms with E-state index in [1.54, 1.807) is 13.2 Å². The largest absolute Gasteiger partial charge is 0.462 e. The Morgan fingerprint density at radius 1 is 1.59 bits per heavy atom. The van der Waals surface area contributed by atoms with Crippen LogP contribution in [0.2, 0.25) is 0 Å². The summed E-state index contributed by atoms with van der Waals surface area (Å²) in [4.78, 5) is 22.3. The molecular formula is C10H12N2O4S.